The van der Waals surface area contributed by atoms with E-state index in [9.17, 15) is 0 Å². The minimum Gasteiger partial charge on any atom is -0.309 e. The van der Waals surface area contributed by atoms with E-state index in [1.165, 1.54) is 71.0 Å². The van der Waals surface area contributed by atoms with E-state index in [-0.39, 0.29) is 0 Å². The van der Waals surface area contributed by atoms with E-state index in [4.69, 9.17) is 15.0 Å². The number of hydrogen-bond donors (Lipinski definition) is 0. The highest BCUT2D eigenvalue weighted by atomic mass is 15.0. The van der Waals surface area contributed by atoms with Crippen LogP contribution in [-0.2, 0) is 0 Å². The average Bonchev–Trinajstić information content (AvgIpc) is 3.67. The minimum atomic E-state index is 0.643. The highest BCUT2D eigenvalue weighted by Gasteiger charge is 2.19. The highest BCUT2D eigenvalue weighted by Crippen LogP contribution is 2.43. The number of rotatable bonds is 6. The smallest absolute Gasteiger partial charge is 0.164 e. The summed E-state index contributed by atoms with van der Waals surface area (Å²) in [5.41, 5.74) is 11.1. The van der Waals surface area contributed by atoms with Gasteiger partial charge in [0.25, 0.3) is 0 Å². The van der Waals surface area contributed by atoms with Crippen LogP contribution in [0.25, 0.3) is 116 Å². The van der Waals surface area contributed by atoms with Crippen molar-refractivity contribution in [1.82, 2.24) is 19.5 Å². The van der Waals surface area contributed by atoms with Crippen molar-refractivity contribution >= 4 is 54.1 Å². The Morgan fingerprint density at radius 1 is 0.230 bits per heavy atom. The van der Waals surface area contributed by atoms with Crippen molar-refractivity contribution in [2.75, 3.05) is 0 Å². The normalized spacial score (nSPS) is 11.6. The molecule has 0 aliphatic rings. The van der Waals surface area contributed by atoms with E-state index in [1.54, 1.807) is 0 Å². The van der Waals surface area contributed by atoms with Gasteiger partial charge in [0.15, 0.2) is 17.5 Å². The van der Waals surface area contributed by atoms with E-state index in [2.05, 4.69) is 162 Å². The number of fused-ring (bicyclic) bond motifs is 9. The third-order valence-corrected chi connectivity index (χ3v) is 12.0. The Kier molecular flexibility index (Phi) is 8.13. The van der Waals surface area contributed by atoms with Crippen molar-refractivity contribution in [3.05, 3.63) is 218 Å². The number of benzene rings is 10. The molecule has 0 radical (unpaired) electrons. The Morgan fingerprint density at radius 2 is 0.656 bits per heavy atom. The zero-order valence-electron chi connectivity index (χ0n) is 33.1. The summed E-state index contributed by atoms with van der Waals surface area (Å²) in [6.07, 6.45) is 0. The molecule has 0 atom stereocenters. The van der Waals surface area contributed by atoms with Gasteiger partial charge in [0.05, 0.1) is 11.0 Å². The summed E-state index contributed by atoms with van der Waals surface area (Å²) in [5, 5.41) is 9.60. The molecule has 0 saturated heterocycles. The first-order chi connectivity index (χ1) is 30.2. The summed E-state index contributed by atoms with van der Waals surface area (Å²) in [6.45, 7) is 0. The lowest BCUT2D eigenvalue weighted by molar-refractivity contribution is 1.07. The van der Waals surface area contributed by atoms with Crippen LogP contribution < -0.4 is 0 Å². The molecule has 4 heteroatoms. The third-order valence-electron chi connectivity index (χ3n) is 12.0. The Bertz CT molecular complexity index is 3500. The molecular weight excluding hydrogens is 741 g/mol. The number of hydrogen-bond acceptors (Lipinski definition) is 3. The number of aromatic nitrogens is 4. The molecule has 0 bridgehead atoms. The van der Waals surface area contributed by atoms with Gasteiger partial charge in [-0.1, -0.05) is 176 Å². The van der Waals surface area contributed by atoms with Crippen molar-refractivity contribution in [3.8, 4) is 62.1 Å². The molecule has 0 amide bonds. The second-order valence-corrected chi connectivity index (χ2v) is 15.6. The molecule has 0 saturated carbocycles. The molecule has 0 unspecified atom stereocenters. The molecule has 2 heterocycles. The summed E-state index contributed by atoms with van der Waals surface area (Å²) in [7, 11) is 0. The average molecular weight is 777 g/mol. The minimum absolute atomic E-state index is 0.643. The largest absolute Gasteiger partial charge is 0.309 e. The van der Waals surface area contributed by atoms with Crippen LogP contribution in [0.2, 0.25) is 0 Å². The molecule has 12 rings (SSSR count). The van der Waals surface area contributed by atoms with Crippen LogP contribution in [0, 0.1) is 0 Å². The fourth-order valence-electron chi connectivity index (χ4n) is 9.11. The van der Waals surface area contributed by atoms with Crippen molar-refractivity contribution in [3.63, 3.8) is 0 Å². The molecule has 61 heavy (non-hydrogen) atoms. The Labute approximate surface area is 352 Å². The zero-order chi connectivity index (χ0) is 40.3. The molecule has 0 spiro atoms. The Balaban J connectivity index is 1.10. The van der Waals surface area contributed by atoms with Gasteiger partial charge < -0.3 is 4.57 Å². The Morgan fingerprint density at radius 3 is 1.21 bits per heavy atom. The van der Waals surface area contributed by atoms with Crippen molar-refractivity contribution in [1.29, 1.82) is 0 Å². The quantitative estimate of drug-likeness (QED) is 0.158. The maximum absolute atomic E-state index is 5.08. The lowest BCUT2D eigenvalue weighted by atomic mass is 9.92. The van der Waals surface area contributed by atoms with Crippen LogP contribution in [0.1, 0.15) is 0 Å². The molecule has 0 aliphatic carbocycles. The van der Waals surface area contributed by atoms with Gasteiger partial charge >= 0.3 is 0 Å². The number of para-hydroxylation sites is 1. The molecule has 10 aromatic carbocycles. The Hall–Kier alpha value is -8.21. The van der Waals surface area contributed by atoms with Crippen LogP contribution >= 0.6 is 0 Å². The van der Waals surface area contributed by atoms with E-state index in [0.29, 0.717) is 17.5 Å². The predicted octanol–water partition coefficient (Wildman–Crippen LogP) is 14.8. The summed E-state index contributed by atoms with van der Waals surface area (Å²) in [5.74, 6) is 1.94. The van der Waals surface area contributed by atoms with E-state index in [0.717, 1.165) is 27.8 Å². The summed E-state index contributed by atoms with van der Waals surface area (Å²) >= 11 is 0. The molecule has 2 aromatic heterocycles. The molecule has 0 fully saturated rings. The van der Waals surface area contributed by atoms with Gasteiger partial charge in [-0.2, -0.15) is 0 Å². The molecule has 284 valence electrons. The first kappa shape index (κ1) is 34.8. The van der Waals surface area contributed by atoms with Crippen molar-refractivity contribution in [2.45, 2.75) is 0 Å². The SMILES string of the molecule is c1ccc(-c2cc(-c3ccccc3)cc(-n3c4ccccc4c4cc5c6ccc(-c7nc(-c8ccccc8)nc(-c8ccccc8)n7)cc6c6ccccc6c5cc43)c2)cc1. The molecular formula is C57H36N4. The van der Waals surface area contributed by atoms with Crippen molar-refractivity contribution in [2.24, 2.45) is 0 Å². The van der Waals surface area contributed by atoms with Gasteiger partial charge in [0, 0.05) is 33.2 Å². The van der Waals surface area contributed by atoms with E-state index in [1.807, 2.05) is 60.7 Å². The molecule has 4 nitrogen and oxygen atoms in total. The molecule has 0 aliphatic heterocycles. The van der Waals surface area contributed by atoms with Gasteiger partial charge in [-0.3, -0.25) is 0 Å². The van der Waals surface area contributed by atoms with Gasteiger partial charge in [-0.25, -0.2) is 15.0 Å². The van der Waals surface area contributed by atoms with Crippen molar-refractivity contribution < 1.29 is 0 Å². The summed E-state index contributed by atoms with van der Waals surface area (Å²) < 4.78 is 2.46. The van der Waals surface area contributed by atoms with E-state index < -0.39 is 0 Å². The lowest BCUT2D eigenvalue weighted by Gasteiger charge is -2.15. The molecule has 12 aromatic rings. The van der Waals surface area contributed by atoms with Crippen LogP contribution in [0.3, 0.4) is 0 Å². The second-order valence-electron chi connectivity index (χ2n) is 15.6. The monoisotopic (exact) mass is 776 g/mol. The van der Waals surface area contributed by atoms with Gasteiger partial charge in [-0.15, -0.1) is 0 Å². The maximum Gasteiger partial charge on any atom is 0.164 e. The van der Waals surface area contributed by atoms with Gasteiger partial charge in [0.2, 0.25) is 0 Å². The fraction of sp³-hybridized carbons (Fsp3) is 0. The van der Waals surface area contributed by atoms with Crippen LogP contribution in [0.5, 0.6) is 0 Å². The van der Waals surface area contributed by atoms with Gasteiger partial charge in [-0.05, 0) is 97.0 Å². The maximum atomic E-state index is 5.08. The summed E-state index contributed by atoms with van der Waals surface area (Å²) in [6, 6.07) is 77.8. The van der Waals surface area contributed by atoms with Crippen LogP contribution in [-0.4, -0.2) is 19.5 Å². The number of nitrogens with zero attached hydrogens (tertiary/aromatic N) is 4. The fourth-order valence-corrected chi connectivity index (χ4v) is 9.11. The second kappa shape index (κ2) is 14.3. The van der Waals surface area contributed by atoms with Crippen LogP contribution in [0.15, 0.2) is 218 Å². The standard InChI is InChI=1S/C57H36N4/c1-5-17-37(18-6-1)42-31-43(38-19-7-2-8-20-38)33-44(32-42)61-53-28-16-15-27-48(53)52-35-50-47-30-29-41(34-49(47)45-25-13-14-26-46(45)51(50)36-54(52)61)57-59-55(39-21-9-3-10-22-39)58-56(60-57)40-23-11-4-12-24-40/h1-36H. The van der Waals surface area contributed by atoms with E-state index >= 15 is 0 Å². The third kappa shape index (κ3) is 5.96. The first-order valence-corrected chi connectivity index (χ1v) is 20.7. The van der Waals surface area contributed by atoms with Gasteiger partial charge in [0.1, 0.15) is 0 Å². The first-order valence-electron chi connectivity index (χ1n) is 20.7. The zero-order valence-corrected chi connectivity index (χ0v) is 33.1. The summed E-state index contributed by atoms with van der Waals surface area (Å²) in [4.78, 5) is 15.1. The molecule has 0 N–H and O–H groups in total. The predicted molar refractivity (Wildman–Crippen MR) is 254 cm³/mol. The van der Waals surface area contributed by atoms with Crippen LogP contribution in [0.4, 0.5) is 0 Å². The lowest BCUT2D eigenvalue weighted by Crippen LogP contribution is -2.00. The topological polar surface area (TPSA) is 43.6 Å². The highest BCUT2D eigenvalue weighted by molar-refractivity contribution is 6.29.